The second-order valence-electron chi connectivity index (χ2n) is 8.82. The molecule has 1 aliphatic rings. The summed E-state index contributed by atoms with van der Waals surface area (Å²) in [6, 6.07) is 21.1. The fourth-order valence-corrected chi connectivity index (χ4v) is 5.36. The van der Waals surface area contributed by atoms with Crippen LogP contribution in [0.15, 0.2) is 100 Å². The number of rotatable bonds is 6. The van der Waals surface area contributed by atoms with E-state index in [9.17, 15) is 5.11 Å². The van der Waals surface area contributed by atoms with Crippen LogP contribution in [0, 0.1) is 12.8 Å². The van der Waals surface area contributed by atoms with E-state index in [0.29, 0.717) is 34.7 Å². The summed E-state index contributed by atoms with van der Waals surface area (Å²) < 4.78 is 0. The molecular formula is C31H34Cl2N2OS. The summed E-state index contributed by atoms with van der Waals surface area (Å²) in [7, 11) is 0. The van der Waals surface area contributed by atoms with Crippen LogP contribution in [0.1, 0.15) is 38.3 Å². The molecule has 3 aromatic rings. The zero-order valence-electron chi connectivity index (χ0n) is 21.8. The highest BCUT2D eigenvalue weighted by Gasteiger charge is 2.18. The number of allylic oxidation sites excluding steroid dienone is 2. The third-order valence-electron chi connectivity index (χ3n) is 5.59. The highest BCUT2D eigenvalue weighted by atomic mass is 35.5. The lowest BCUT2D eigenvalue weighted by Crippen LogP contribution is -2.30. The van der Waals surface area contributed by atoms with Gasteiger partial charge in [0.05, 0.1) is 5.69 Å². The van der Waals surface area contributed by atoms with Crippen molar-refractivity contribution in [1.29, 1.82) is 0 Å². The summed E-state index contributed by atoms with van der Waals surface area (Å²) in [5.74, 6) is 0.793. The third-order valence-corrected chi connectivity index (χ3v) is 7.05. The number of nitrogens with zero attached hydrogens (tertiary/aromatic N) is 2. The number of amidine groups is 1. The van der Waals surface area contributed by atoms with E-state index in [0.717, 1.165) is 22.0 Å². The van der Waals surface area contributed by atoms with Crippen LogP contribution in [-0.4, -0.2) is 21.7 Å². The van der Waals surface area contributed by atoms with E-state index in [1.165, 1.54) is 11.1 Å². The van der Waals surface area contributed by atoms with Gasteiger partial charge in [-0.1, -0.05) is 104 Å². The van der Waals surface area contributed by atoms with Gasteiger partial charge in [0.2, 0.25) is 0 Å². The number of benzene rings is 3. The normalized spacial score (nSPS) is 15.0. The molecule has 0 aromatic heterocycles. The first-order chi connectivity index (χ1) is 17.8. The standard InChI is InChI=1S/C29H28Cl2N2OS.C2H6/c1-20-9-11-22(12-10-20)18-33(19-23-6-4-7-27(34)14-23)29(35-28-8-3-5-21(2)13-28)32-26-16-24(30)15-25(31)17-26;1-2/h3-9,11-17,20,34H,10,18-19H2,1-2H3;1-2H3. The van der Waals surface area contributed by atoms with Crippen LogP contribution >= 0.6 is 35.0 Å². The molecule has 0 aliphatic heterocycles. The van der Waals surface area contributed by atoms with Crippen molar-refractivity contribution in [1.82, 2.24) is 4.90 Å². The first-order valence-corrected chi connectivity index (χ1v) is 14.1. The van der Waals surface area contributed by atoms with Gasteiger partial charge in [0.25, 0.3) is 0 Å². The molecule has 1 atom stereocenters. The van der Waals surface area contributed by atoms with Gasteiger partial charge in [-0.3, -0.25) is 0 Å². The first-order valence-electron chi connectivity index (χ1n) is 12.5. The molecule has 3 aromatic carbocycles. The summed E-state index contributed by atoms with van der Waals surface area (Å²) in [6.45, 7) is 9.57. The number of hydrogen-bond donors (Lipinski definition) is 1. The maximum absolute atomic E-state index is 10.1. The molecule has 0 heterocycles. The van der Waals surface area contributed by atoms with Crippen LogP contribution in [0.4, 0.5) is 5.69 Å². The number of aryl methyl sites for hydroxylation is 1. The number of halogens is 2. The number of aliphatic imine (C=N–C) groups is 1. The molecule has 194 valence electrons. The van der Waals surface area contributed by atoms with E-state index in [-0.39, 0.29) is 5.75 Å². The van der Waals surface area contributed by atoms with Crippen LogP contribution in [-0.2, 0) is 6.54 Å². The first kappa shape index (κ1) is 28.9. The molecule has 0 amide bonds. The van der Waals surface area contributed by atoms with E-state index in [2.05, 4.69) is 61.2 Å². The van der Waals surface area contributed by atoms with Gasteiger partial charge in [0, 0.05) is 28.0 Å². The van der Waals surface area contributed by atoms with Crippen LogP contribution in [0.5, 0.6) is 5.75 Å². The molecular weight excluding hydrogens is 519 g/mol. The topological polar surface area (TPSA) is 35.8 Å². The van der Waals surface area contributed by atoms with Gasteiger partial charge >= 0.3 is 0 Å². The lowest BCUT2D eigenvalue weighted by atomic mass is 9.98. The number of thioether (sulfide) groups is 1. The fourth-order valence-electron chi connectivity index (χ4n) is 3.83. The molecule has 1 aliphatic carbocycles. The molecule has 37 heavy (non-hydrogen) atoms. The second kappa shape index (κ2) is 14.3. The van der Waals surface area contributed by atoms with Crippen molar-refractivity contribution in [3.05, 3.63) is 112 Å². The van der Waals surface area contributed by atoms with Crippen molar-refractivity contribution in [2.75, 3.05) is 6.54 Å². The maximum atomic E-state index is 10.1. The lowest BCUT2D eigenvalue weighted by molar-refractivity contribution is 0.449. The molecule has 1 unspecified atom stereocenters. The highest BCUT2D eigenvalue weighted by molar-refractivity contribution is 8.13. The molecule has 0 saturated heterocycles. The van der Waals surface area contributed by atoms with Crippen molar-refractivity contribution in [3.8, 4) is 5.75 Å². The Balaban J connectivity index is 0.00000186. The van der Waals surface area contributed by atoms with E-state index in [4.69, 9.17) is 28.2 Å². The Bertz CT molecular complexity index is 1270. The molecule has 3 nitrogen and oxygen atoms in total. The summed E-state index contributed by atoms with van der Waals surface area (Å²) in [5, 5.41) is 12.0. The predicted molar refractivity (Wildman–Crippen MR) is 161 cm³/mol. The van der Waals surface area contributed by atoms with Gasteiger partial charge < -0.3 is 10.0 Å². The summed E-state index contributed by atoms with van der Waals surface area (Å²) in [6.07, 6.45) is 7.77. The highest BCUT2D eigenvalue weighted by Crippen LogP contribution is 2.31. The molecule has 0 fully saturated rings. The quantitative estimate of drug-likeness (QED) is 0.187. The van der Waals surface area contributed by atoms with Crippen molar-refractivity contribution in [3.63, 3.8) is 0 Å². The Hall–Kier alpha value is -2.66. The second-order valence-corrected chi connectivity index (χ2v) is 10.7. The Morgan fingerprint density at radius 3 is 2.38 bits per heavy atom. The smallest absolute Gasteiger partial charge is 0.169 e. The van der Waals surface area contributed by atoms with Gasteiger partial charge in [0.1, 0.15) is 5.75 Å². The zero-order valence-corrected chi connectivity index (χ0v) is 24.1. The average molecular weight is 554 g/mol. The minimum Gasteiger partial charge on any atom is -0.508 e. The van der Waals surface area contributed by atoms with Gasteiger partial charge in [-0.25, -0.2) is 4.99 Å². The van der Waals surface area contributed by atoms with Gasteiger partial charge in [0.15, 0.2) is 5.17 Å². The zero-order chi connectivity index (χ0) is 26.8. The van der Waals surface area contributed by atoms with E-state index in [1.807, 2.05) is 38.1 Å². The monoisotopic (exact) mass is 552 g/mol. The Morgan fingerprint density at radius 1 is 1.00 bits per heavy atom. The Labute approximate surface area is 235 Å². The van der Waals surface area contributed by atoms with E-state index < -0.39 is 0 Å². The molecule has 0 radical (unpaired) electrons. The molecule has 6 heteroatoms. The summed E-state index contributed by atoms with van der Waals surface area (Å²) in [4.78, 5) is 8.36. The minimum absolute atomic E-state index is 0.250. The maximum Gasteiger partial charge on any atom is 0.169 e. The van der Waals surface area contributed by atoms with Crippen LogP contribution in [0.25, 0.3) is 0 Å². The van der Waals surface area contributed by atoms with Crippen LogP contribution in [0.2, 0.25) is 10.0 Å². The SMILES string of the molecule is CC.Cc1cccc(SC(=Nc2cc(Cl)cc(Cl)c2)N(CC2=CCC(C)C=C2)Cc2cccc(O)c2)c1. The van der Waals surface area contributed by atoms with Crippen LogP contribution in [0.3, 0.4) is 0 Å². The van der Waals surface area contributed by atoms with Crippen LogP contribution < -0.4 is 0 Å². The van der Waals surface area contributed by atoms with Crippen molar-refractivity contribution < 1.29 is 5.11 Å². The molecule has 1 N–H and O–H groups in total. The Morgan fingerprint density at radius 2 is 1.73 bits per heavy atom. The van der Waals surface area contributed by atoms with Gasteiger partial charge in [-0.05, 0) is 72.9 Å². The molecule has 0 saturated carbocycles. The lowest BCUT2D eigenvalue weighted by Gasteiger charge is -2.28. The minimum atomic E-state index is 0.250. The predicted octanol–water partition coefficient (Wildman–Crippen LogP) is 9.84. The van der Waals surface area contributed by atoms with E-state index >= 15 is 0 Å². The molecule has 0 bridgehead atoms. The largest absolute Gasteiger partial charge is 0.508 e. The molecule has 0 spiro atoms. The van der Waals surface area contributed by atoms with E-state index in [1.54, 1.807) is 30.0 Å². The Kier molecular flexibility index (Phi) is 11.2. The van der Waals surface area contributed by atoms with Gasteiger partial charge in [-0.15, -0.1) is 0 Å². The van der Waals surface area contributed by atoms with Crippen molar-refractivity contribution in [2.24, 2.45) is 10.9 Å². The molecule has 4 rings (SSSR count). The fraction of sp³-hybridized carbons (Fsp3) is 0.258. The van der Waals surface area contributed by atoms with Gasteiger partial charge in [-0.2, -0.15) is 0 Å². The number of aromatic hydroxyl groups is 1. The van der Waals surface area contributed by atoms with Crippen molar-refractivity contribution in [2.45, 2.75) is 45.6 Å². The summed E-state index contributed by atoms with van der Waals surface area (Å²) >= 11 is 14.2. The number of phenols is 1. The average Bonchev–Trinajstić information content (AvgIpc) is 2.85. The number of hydrogen-bond acceptors (Lipinski definition) is 3. The number of phenolic OH excluding ortho intramolecular Hbond substituents is 1. The summed E-state index contributed by atoms with van der Waals surface area (Å²) in [5.41, 5.74) is 4.12. The van der Waals surface area contributed by atoms with Crippen molar-refractivity contribution >= 4 is 45.8 Å². The third kappa shape index (κ3) is 9.30.